The summed E-state index contributed by atoms with van der Waals surface area (Å²) >= 11 is 5.79. The quantitative estimate of drug-likeness (QED) is 0.680. The Labute approximate surface area is 109 Å². The molecule has 0 spiro atoms. The third kappa shape index (κ3) is 3.40. The number of rotatable bonds is 3. The van der Waals surface area contributed by atoms with Crippen LogP contribution in [-0.4, -0.2) is 17.1 Å². The SMILES string of the molecule is O=C(N/N=C/c1ccncc1)c1cccc(Cl)c1. The Hall–Kier alpha value is -2.20. The lowest BCUT2D eigenvalue weighted by Crippen LogP contribution is -2.17. The maximum absolute atomic E-state index is 11.7. The first-order valence-corrected chi connectivity index (χ1v) is 5.62. The van der Waals surface area contributed by atoms with Gasteiger partial charge in [0.15, 0.2) is 0 Å². The minimum atomic E-state index is -0.303. The fourth-order valence-corrected chi connectivity index (χ4v) is 1.50. The van der Waals surface area contributed by atoms with E-state index >= 15 is 0 Å². The molecule has 0 unspecified atom stereocenters. The number of hydrogen-bond donors (Lipinski definition) is 1. The van der Waals surface area contributed by atoms with Crippen LogP contribution in [-0.2, 0) is 0 Å². The molecule has 1 heterocycles. The number of benzene rings is 1. The summed E-state index contributed by atoms with van der Waals surface area (Å²) in [6.45, 7) is 0. The lowest BCUT2D eigenvalue weighted by Gasteiger charge is -1.99. The van der Waals surface area contributed by atoms with E-state index in [-0.39, 0.29) is 5.91 Å². The highest BCUT2D eigenvalue weighted by molar-refractivity contribution is 6.30. The summed E-state index contributed by atoms with van der Waals surface area (Å²) < 4.78 is 0. The van der Waals surface area contributed by atoms with Crippen molar-refractivity contribution in [1.29, 1.82) is 0 Å². The Morgan fingerprint density at radius 3 is 2.78 bits per heavy atom. The Balaban J connectivity index is 1.99. The van der Waals surface area contributed by atoms with Crippen molar-refractivity contribution in [3.8, 4) is 0 Å². The molecule has 2 rings (SSSR count). The van der Waals surface area contributed by atoms with Gasteiger partial charge in [-0.15, -0.1) is 0 Å². The molecule has 0 aliphatic rings. The fourth-order valence-electron chi connectivity index (χ4n) is 1.31. The summed E-state index contributed by atoms with van der Waals surface area (Å²) in [5, 5.41) is 4.37. The zero-order valence-electron chi connectivity index (χ0n) is 9.38. The molecular formula is C13H10ClN3O. The van der Waals surface area contributed by atoms with Gasteiger partial charge in [0.25, 0.3) is 5.91 Å². The standard InChI is InChI=1S/C13H10ClN3O/c14-12-3-1-2-11(8-12)13(18)17-16-9-10-4-6-15-7-5-10/h1-9H,(H,17,18)/b16-9+. The van der Waals surface area contributed by atoms with Gasteiger partial charge in [-0.3, -0.25) is 9.78 Å². The zero-order chi connectivity index (χ0) is 12.8. The van der Waals surface area contributed by atoms with E-state index in [0.29, 0.717) is 10.6 Å². The van der Waals surface area contributed by atoms with Gasteiger partial charge in [-0.2, -0.15) is 5.10 Å². The van der Waals surface area contributed by atoms with Crippen LogP contribution in [0.15, 0.2) is 53.9 Å². The molecule has 0 fully saturated rings. The molecule has 0 atom stereocenters. The summed E-state index contributed by atoms with van der Waals surface area (Å²) in [4.78, 5) is 15.6. The lowest BCUT2D eigenvalue weighted by molar-refractivity contribution is 0.0955. The molecule has 1 aromatic heterocycles. The van der Waals surface area contributed by atoms with Gasteiger partial charge in [0, 0.05) is 23.0 Å². The molecule has 0 saturated heterocycles. The molecule has 1 amide bonds. The number of carbonyl (C=O) groups excluding carboxylic acids is 1. The van der Waals surface area contributed by atoms with Gasteiger partial charge in [-0.25, -0.2) is 5.43 Å². The summed E-state index contributed by atoms with van der Waals surface area (Å²) in [6, 6.07) is 10.2. The van der Waals surface area contributed by atoms with E-state index in [9.17, 15) is 4.79 Å². The summed E-state index contributed by atoms with van der Waals surface area (Å²) in [5.41, 5.74) is 3.75. The number of nitrogens with one attached hydrogen (secondary N) is 1. The number of hydrazone groups is 1. The highest BCUT2D eigenvalue weighted by Gasteiger charge is 2.03. The topological polar surface area (TPSA) is 54.4 Å². The number of hydrogen-bond acceptors (Lipinski definition) is 3. The van der Waals surface area contributed by atoms with Crippen LogP contribution < -0.4 is 5.43 Å². The zero-order valence-corrected chi connectivity index (χ0v) is 10.1. The average molecular weight is 260 g/mol. The second-order valence-corrected chi connectivity index (χ2v) is 3.93. The Kier molecular flexibility index (Phi) is 4.04. The van der Waals surface area contributed by atoms with E-state index in [2.05, 4.69) is 15.5 Å². The molecule has 4 nitrogen and oxygen atoms in total. The van der Waals surface area contributed by atoms with E-state index in [1.54, 1.807) is 55.0 Å². The maximum Gasteiger partial charge on any atom is 0.271 e. The van der Waals surface area contributed by atoms with Crippen LogP contribution >= 0.6 is 11.6 Å². The number of nitrogens with zero attached hydrogens (tertiary/aromatic N) is 2. The van der Waals surface area contributed by atoms with Crippen LogP contribution in [0.2, 0.25) is 5.02 Å². The van der Waals surface area contributed by atoms with Crippen molar-refractivity contribution in [1.82, 2.24) is 10.4 Å². The predicted molar refractivity (Wildman–Crippen MR) is 70.7 cm³/mol. The van der Waals surface area contributed by atoms with E-state index in [0.717, 1.165) is 5.56 Å². The number of amides is 1. The number of carbonyl (C=O) groups is 1. The minimum absolute atomic E-state index is 0.303. The second kappa shape index (κ2) is 5.93. The molecule has 0 aliphatic carbocycles. The van der Waals surface area contributed by atoms with Gasteiger partial charge in [0.1, 0.15) is 0 Å². The maximum atomic E-state index is 11.7. The molecule has 0 radical (unpaired) electrons. The first kappa shape index (κ1) is 12.3. The van der Waals surface area contributed by atoms with Crippen molar-refractivity contribution in [3.05, 3.63) is 64.9 Å². The van der Waals surface area contributed by atoms with Crippen LogP contribution in [0.3, 0.4) is 0 Å². The van der Waals surface area contributed by atoms with Crippen molar-refractivity contribution >= 4 is 23.7 Å². The van der Waals surface area contributed by atoms with Crippen molar-refractivity contribution in [2.45, 2.75) is 0 Å². The van der Waals surface area contributed by atoms with Crippen LogP contribution in [0.1, 0.15) is 15.9 Å². The van der Waals surface area contributed by atoms with Gasteiger partial charge >= 0.3 is 0 Å². The van der Waals surface area contributed by atoms with Crippen LogP contribution in [0, 0.1) is 0 Å². The van der Waals surface area contributed by atoms with Gasteiger partial charge in [-0.1, -0.05) is 17.7 Å². The Morgan fingerprint density at radius 1 is 1.28 bits per heavy atom. The molecule has 1 aromatic carbocycles. The van der Waals surface area contributed by atoms with E-state index in [1.165, 1.54) is 0 Å². The van der Waals surface area contributed by atoms with Gasteiger partial charge in [0.05, 0.1) is 6.21 Å². The first-order chi connectivity index (χ1) is 8.75. The smallest absolute Gasteiger partial charge is 0.267 e. The summed E-state index contributed by atoms with van der Waals surface area (Å²) in [6.07, 6.45) is 4.85. The van der Waals surface area contributed by atoms with Crippen molar-refractivity contribution in [2.75, 3.05) is 0 Å². The molecule has 0 bridgehead atoms. The third-order valence-corrected chi connectivity index (χ3v) is 2.41. The molecule has 90 valence electrons. The Bertz CT molecular complexity index is 569. The molecule has 1 N–H and O–H groups in total. The molecular weight excluding hydrogens is 250 g/mol. The normalized spacial score (nSPS) is 10.5. The Morgan fingerprint density at radius 2 is 2.06 bits per heavy atom. The van der Waals surface area contributed by atoms with Gasteiger partial charge < -0.3 is 0 Å². The highest BCUT2D eigenvalue weighted by Crippen LogP contribution is 2.10. The van der Waals surface area contributed by atoms with Crippen molar-refractivity contribution in [3.63, 3.8) is 0 Å². The molecule has 5 heteroatoms. The fraction of sp³-hybridized carbons (Fsp3) is 0. The summed E-state index contributed by atoms with van der Waals surface area (Å²) in [5.74, 6) is -0.303. The third-order valence-electron chi connectivity index (χ3n) is 2.17. The first-order valence-electron chi connectivity index (χ1n) is 5.25. The van der Waals surface area contributed by atoms with Crippen LogP contribution in [0.5, 0.6) is 0 Å². The predicted octanol–water partition coefficient (Wildman–Crippen LogP) is 2.50. The van der Waals surface area contributed by atoms with Crippen LogP contribution in [0.4, 0.5) is 0 Å². The molecule has 0 saturated carbocycles. The van der Waals surface area contributed by atoms with E-state index in [4.69, 9.17) is 11.6 Å². The number of aromatic nitrogens is 1. The highest BCUT2D eigenvalue weighted by atomic mass is 35.5. The van der Waals surface area contributed by atoms with E-state index < -0.39 is 0 Å². The van der Waals surface area contributed by atoms with E-state index in [1.807, 2.05) is 0 Å². The molecule has 18 heavy (non-hydrogen) atoms. The number of halogens is 1. The molecule has 0 aliphatic heterocycles. The second-order valence-electron chi connectivity index (χ2n) is 3.49. The van der Waals surface area contributed by atoms with Gasteiger partial charge in [0.2, 0.25) is 0 Å². The summed E-state index contributed by atoms with van der Waals surface area (Å²) in [7, 11) is 0. The minimum Gasteiger partial charge on any atom is -0.267 e. The lowest BCUT2D eigenvalue weighted by atomic mass is 10.2. The number of pyridine rings is 1. The van der Waals surface area contributed by atoms with Crippen LogP contribution in [0.25, 0.3) is 0 Å². The largest absolute Gasteiger partial charge is 0.271 e. The van der Waals surface area contributed by atoms with Crippen molar-refractivity contribution in [2.24, 2.45) is 5.10 Å². The molecule has 2 aromatic rings. The monoisotopic (exact) mass is 259 g/mol. The van der Waals surface area contributed by atoms with Crippen molar-refractivity contribution < 1.29 is 4.79 Å². The van der Waals surface area contributed by atoms with Gasteiger partial charge in [-0.05, 0) is 35.9 Å². The average Bonchev–Trinajstić information content (AvgIpc) is 2.40.